The first kappa shape index (κ1) is 20.4. The summed E-state index contributed by atoms with van der Waals surface area (Å²) in [7, 11) is -3.68. The van der Waals surface area contributed by atoms with Gasteiger partial charge in [-0.05, 0) is 36.8 Å². The van der Waals surface area contributed by atoms with Crippen molar-refractivity contribution < 1.29 is 17.6 Å². The summed E-state index contributed by atoms with van der Waals surface area (Å²) in [5.74, 6) is -0.534. The van der Waals surface area contributed by atoms with Crippen molar-refractivity contribution in [3.63, 3.8) is 0 Å². The van der Waals surface area contributed by atoms with Crippen LogP contribution in [0.5, 0.6) is 0 Å². The lowest BCUT2D eigenvalue weighted by Gasteiger charge is -2.34. The average molecular weight is 405 g/mol. The largest absolute Gasteiger partial charge is 0.339 e. The van der Waals surface area contributed by atoms with Crippen molar-refractivity contribution in [2.75, 3.05) is 32.7 Å². The van der Waals surface area contributed by atoms with Gasteiger partial charge in [0.1, 0.15) is 5.82 Å². The second-order valence-corrected chi connectivity index (χ2v) is 8.69. The van der Waals surface area contributed by atoms with Gasteiger partial charge < -0.3 is 10.2 Å². The molecular formula is C20H24FN3O3S. The van der Waals surface area contributed by atoms with Crippen LogP contribution in [0.25, 0.3) is 0 Å². The number of benzene rings is 2. The first-order chi connectivity index (χ1) is 13.4. The van der Waals surface area contributed by atoms with Crippen LogP contribution in [0, 0.1) is 5.82 Å². The van der Waals surface area contributed by atoms with Crippen molar-refractivity contribution in [2.24, 2.45) is 0 Å². The minimum absolute atomic E-state index is 0.0466. The molecule has 2 aromatic carbocycles. The molecule has 3 rings (SSSR count). The number of piperazine rings is 1. The van der Waals surface area contributed by atoms with Crippen LogP contribution in [0.3, 0.4) is 0 Å². The lowest BCUT2D eigenvalue weighted by atomic mass is 10.1. The Kier molecular flexibility index (Phi) is 6.43. The lowest BCUT2D eigenvalue weighted by molar-refractivity contribution is -0.131. The van der Waals surface area contributed by atoms with Crippen molar-refractivity contribution in [1.29, 1.82) is 0 Å². The molecule has 28 heavy (non-hydrogen) atoms. The third-order valence-electron chi connectivity index (χ3n) is 4.90. The molecule has 0 aromatic heterocycles. The third-order valence-corrected chi connectivity index (χ3v) is 6.81. The highest BCUT2D eigenvalue weighted by Gasteiger charge is 2.30. The molecule has 0 radical (unpaired) electrons. The molecule has 0 saturated carbocycles. The maximum absolute atomic E-state index is 13.0. The first-order valence-electron chi connectivity index (χ1n) is 9.20. The third kappa shape index (κ3) is 4.76. The van der Waals surface area contributed by atoms with Gasteiger partial charge in [0.2, 0.25) is 15.9 Å². The molecule has 1 heterocycles. The zero-order valence-corrected chi connectivity index (χ0v) is 16.5. The monoisotopic (exact) mass is 405 g/mol. The summed E-state index contributed by atoms with van der Waals surface area (Å²) in [5.41, 5.74) is 1.10. The normalized spacial score (nSPS) is 16.7. The predicted molar refractivity (Wildman–Crippen MR) is 105 cm³/mol. The van der Waals surface area contributed by atoms with Crippen molar-refractivity contribution in [2.45, 2.75) is 17.9 Å². The van der Waals surface area contributed by atoms with Gasteiger partial charge in [-0.25, -0.2) is 12.8 Å². The molecule has 1 amide bonds. The number of carbonyl (C=O) groups is 1. The average Bonchev–Trinajstić information content (AvgIpc) is 2.73. The molecule has 0 spiro atoms. The maximum atomic E-state index is 13.0. The van der Waals surface area contributed by atoms with Gasteiger partial charge in [-0.2, -0.15) is 4.31 Å². The van der Waals surface area contributed by atoms with Gasteiger partial charge in [-0.15, -0.1) is 0 Å². The Labute approximate surface area is 165 Å². The number of carbonyl (C=O) groups excluding carboxylic acids is 1. The van der Waals surface area contributed by atoms with E-state index in [1.165, 1.54) is 16.4 Å². The molecule has 1 aliphatic rings. The van der Waals surface area contributed by atoms with Gasteiger partial charge in [0.15, 0.2) is 0 Å². The number of amides is 1. The summed E-state index contributed by atoms with van der Waals surface area (Å²) < 4.78 is 39.6. The quantitative estimate of drug-likeness (QED) is 0.798. The van der Waals surface area contributed by atoms with E-state index in [0.29, 0.717) is 13.1 Å². The lowest BCUT2D eigenvalue weighted by Crippen LogP contribution is -2.52. The van der Waals surface area contributed by atoms with Crippen molar-refractivity contribution in [3.8, 4) is 0 Å². The molecule has 2 aromatic rings. The fourth-order valence-corrected chi connectivity index (χ4v) is 4.57. The number of sulfonamides is 1. The molecule has 1 N–H and O–H groups in total. The molecule has 8 heteroatoms. The minimum atomic E-state index is -3.68. The van der Waals surface area contributed by atoms with E-state index < -0.39 is 15.8 Å². The Morgan fingerprint density at radius 1 is 1.04 bits per heavy atom. The summed E-state index contributed by atoms with van der Waals surface area (Å²) in [5, 5.41) is 3.21. The fraction of sp³-hybridized carbons (Fsp3) is 0.350. The fourth-order valence-electron chi connectivity index (χ4n) is 3.15. The summed E-state index contributed by atoms with van der Waals surface area (Å²) in [4.78, 5) is 14.2. The van der Waals surface area contributed by atoms with Crippen LogP contribution >= 0.6 is 0 Å². The van der Waals surface area contributed by atoms with E-state index in [1.54, 1.807) is 4.90 Å². The Morgan fingerprint density at radius 2 is 1.64 bits per heavy atom. The summed E-state index contributed by atoms with van der Waals surface area (Å²) in [6.45, 7) is 3.30. The van der Waals surface area contributed by atoms with Crippen LogP contribution in [0.2, 0.25) is 0 Å². The number of nitrogens with one attached hydrogen (secondary N) is 1. The summed E-state index contributed by atoms with van der Waals surface area (Å²) in [6, 6.07) is 14.7. The van der Waals surface area contributed by atoms with Crippen LogP contribution < -0.4 is 5.32 Å². The highest BCUT2D eigenvalue weighted by atomic mass is 32.2. The Bertz CT molecular complexity index is 896. The van der Waals surface area contributed by atoms with Gasteiger partial charge in [0.05, 0.1) is 11.4 Å². The van der Waals surface area contributed by atoms with E-state index in [2.05, 4.69) is 5.32 Å². The smallest absolute Gasteiger partial charge is 0.243 e. The molecule has 1 saturated heterocycles. The zero-order chi connectivity index (χ0) is 20.1. The van der Waals surface area contributed by atoms with E-state index in [1.807, 2.05) is 37.3 Å². The number of hydrogen-bond donors (Lipinski definition) is 1. The van der Waals surface area contributed by atoms with E-state index in [0.717, 1.165) is 17.7 Å². The van der Waals surface area contributed by atoms with Gasteiger partial charge in [-0.1, -0.05) is 30.3 Å². The number of hydrogen-bond acceptors (Lipinski definition) is 4. The van der Waals surface area contributed by atoms with Crippen LogP contribution in [0.1, 0.15) is 18.5 Å². The van der Waals surface area contributed by atoms with Crippen LogP contribution in [-0.4, -0.2) is 56.3 Å². The maximum Gasteiger partial charge on any atom is 0.243 e. The molecule has 1 fully saturated rings. The summed E-state index contributed by atoms with van der Waals surface area (Å²) >= 11 is 0. The molecule has 0 aliphatic carbocycles. The highest BCUT2D eigenvalue weighted by molar-refractivity contribution is 7.89. The van der Waals surface area contributed by atoms with Crippen molar-refractivity contribution in [3.05, 3.63) is 66.0 Å². The zero-order valence-electron chi connectivity index (χ0n) is 15.7. The van der Waals surface area contributed by atoms with Crippen LogP contribution in [-0.2, 0) is 14.8 Å². The molecule has 1 atom stereocenters. The van der Waals surface area contributed by atoms with E-state index in [4.69, 9.17) is 0 Å². The van der Waals surface area contributed by atoms with Gasteiger partial charge in [-0.3, -0.25) is 4.79 Å². The van der Waals surface area contributed by atoms with Crippen LogP contribution in [0.4, 0.5) is 4.39 Å². The number of halogens is 1. The second kappa shape index (κ2) is 8.81. The highest BCUT2D eigenvalue weighted by Crippen LogP contribution is 2.18. The molecule has 1 aliphatic heterocycles. The van der Waals surface area contributed by atoms with E-state index >= 15 is 0 Å². The summed E-state index contributed by atoms with van der Waals surface area (Å²) in [6.07, 6.45) is 0. The number of nitrogens with zero attached hydrogens (tertiary/aromatic N) is 2. The minimum Gasteiger partial charge on any atom is -0.339 e. The predicted octanol–water partition coefficient (Wildman–Crippen LogP) is 2.01. The van der Waals surface area contributed by atoms with Crippen molar-refractivity contribution >= 4 is 15.9 Å². The molecule has 6 nitrogen and oxygen atoms in total. The topological polar surface area (TPSA) is 69.7 Å². The van der Waals surface area contributed by atoms with E-state index in [9.17, 15) is 17.6 Å². The SMILES string of the molecule is C[C@@H](NCC(=O)N1CCN(S(=O)(=O)c2ccc(F)cc2)CC1)c1ccccc1. The second-order valence-electron chi connectivity index (χ2n) is 6.75. The molecule has 150 valence electrons. The van der Waals surface area contributed by atoms with Gasteiger partial charge in [0.25, 0.3) is 0 Å². The molecule has 0 bridgehead atoms. The first-order valence-corrected chi connectivity index (χ1v) is 10.6. The Morgan fingerprint density at radius 3 is 2.25 bits per heavy atom. The van der Waals surface area contributed by atoms with Crippen LogP contribution in [0.15, 0.2) is 59.5 Å². The van der Waals surface area contributed by atoms with Crippen molar-refractivity contribution in [1.82, 2.24) is 14.5 Å². The molecule has 0 unspecified atom stereocenters. The Balaban J connectivity index is 1.52. The standard InChI is InChI=1S/C20H24FN3O3S/c1-16(17-5-3-2-4-6-17)22-15-20(25)23-11-13-24(14-12-23)28(26,27)19-9-7-18(21)8-10-19/h2-10,16,22H,11-15H2,1H3/t16-/m1/s1. The molecular weight excluding hydrogens is 381 g/mol. The van der Waals surface area contributed by atoms with E-state index in [-0.39, 0.29) is 36.5 Å². The van der Waals surface area contributed by atoms with Gasteiger partial charge >= 0.3 is 0 Å². The number of rotatable bonds is 6. The Hall–Kier alpha value is -2.29. The van der Waals surface area contributed by atoms with Gasteiger partial charge in [0, 0.05) is 32.2 Å².